The highest BCUT2D eigenvalue weighted by atomic mass is 35.5. The number of aliphatic carboxylic acids is 2. The van der Waals surface area contributed by atoms with Crippen molar-refractivity contribution >= 4 is 50.9 Å². The van der Waals surface area contributed by atoms with Gasteiger partial charge >= 0.3 is 11.9 Å². The number of methoxy groups -OCH3 is 1. The van der Waals surface area contributed by atoms with E-state index < -0.39 is 56.9 Å². The maximum Gasteiger partial charge on any atom is 0.334 e. The Morgan fingerprint density at radius 1 is 0.929 bits per heavy atom. The molecule has 1 fully saturated rings. The van der Waals surface area contributed by atoms with Crippen molar-refractivity contribution in [3.8, 4) is 5.75 Å². The van der Waals surface area contributed by atoms with E-state index in [4.69, 9.17) is 27.9 Å². The molecule has 4 rings (SSSR count). The van der Waals surface area contributed by atoms with Crippen molar-refractivity contribution in [3.63, 3.8) is 0 Å². The molecule has 2 heterocycles. The number of carboxylic acids is 2. The normalized spacial score (nSPS) is 18.1. The predicted octanol–water partition coefficient (Wildman–Crippen LogP) is 3.00. The first kappa shape index (κ1) is 31.4. The van der Waals surface area contributed by atoms with Crippen LogP contribution in [0.1, 0.15) is 17.9 Å². The van der Waals surface area contributed by atoms with E-state index in [1.807, 2.05) is 11.9 Å². The Kier molecular flexibility index (Phi) is 9.51. The number of nitrogens with one attached hydrogen (secondary N) is 1. The number of likely N-dealkylation sites (N-methyl/N-ethyl adjacent to an activating group) is 1. The summed E-state index contributed by atoms with van der Waals surface area (Å²) in [5, 5.41) is 23.4. The maximum absolute atomic E-state index is 13.5. The van der Waals surface area contributed by atoms with Crippen LogP contribution in [0, 0.1) is 0 Å². The largest absolute Gasteiger partial charge is 0.497 e. The lowest BCUT2D eigenvalue weighted by molar-refractivity contribution is -0.133. The molecule has 2 aromatic carbocycles. The van der Waals surface area contributed by atoms with Crippen LogP contribution in [0.3, 0.4) is 0 Å². The van der Waals surface area contributed by atoms with E-state index >= 15 is 0 Å². The van der Waals surface area contributed by atoms with E-state index in [1.54, 1.807) is 4.90 Å². The number of hydrogen-bond donors (Lipinski definition) is 3. The third kappa shape index (κ3) is 6.57. The van der Waals surface area contributed by atoms with Crippen LogP contribution in [0.5, 0.6) is 5.75 Å². The van der Waals surface area contributed by atoms with Gasteiger partial charge in [0.25, 0.3) is 0 Å². The fourth-order valence-electron chi connectivity index (χ4n) is 5.02. The molecule has 11 nitrogen and oxygen atoms in total. The minimum absolute atomic E-state index is 0.0194. The van der Waals surface area contributed by atoms with Crippen LogP contribution < -0.4 is 10.1 Å². The number of rotatable bonds is 9. The number of carboxylic acid groups (broad SMARTS) is 2. The highest BCUT2D eigenvalue weighted by molar-refractivity contribution is 7.91. The third-order valence-corrected chi connectivity index (χ3v) is 9.53. The summed E-state index contributed by atoms with van der Waals surface area (Å²) in [7, 11) is -0.824. The number of benzene rings is 2. The fraction of sp³-hybridized carbons (Fsp3) is 0.321. The predicted molar refractivity (Wildman–Crippen MR) is 155 cm³/mol. The molecule has 2 aliphatic rings. The molecule has 0 saturated carbocycles. The van der Waals surface area contributed by atoms with Gasteiger partial charge in [-0.3, -0.25) is 4.79 Å². The Morgan fingerprint density at radius 3 is 2.00 bits per heavy atom. The molecule has 0 bridgehead atoms. The summed E-state index contributed by atoms with van der Waals surface area (Å²) < 4.78 is 32.1. The zero-order valence-corrected chi connectivity index (χ0v) is 25.1. The molecule has 1 atom stereocenters. The fourth-order valence-corrected chi connectivity index (χ4v) is 6.96. The summed E-state index contributed by atoms with van der Waals surface area (Å²) in [4.78, 5) is 42.4. The first-order chi connectivity index (χ1) is 19.8. The van der Waals surface area contributed by atoms with Gasteiger partial charge in [-0.2, -0.15) is 0 Å². The van der Waals surface area contributed by atoms with Gasteiger partial charge in [0.2, 0.25) is 5.91 Å². The number of dihydropyridines is 1. The number of sulfone groups is 1. The molecular weight excluding hydrogens is 609 g/mol. The molecule has 1 unspecified atom stereocenters. The zero-order valence-electron chi connectivity index (χ0n) is 22.8. The molecule has 2 aliphatic heterocycles. The van der Waals surface area contributed by atoms with Gasteiger partial charge in [0.05, 0.1) is 41.2 Å². The van der Waals surface area contributed by atoms with Crippen LogP contribution in [0.4, 0.5) is 0 Å². The molecule has 224 valence electrons. The van der Waals surface area contributed by atoms with Gasteiger partial charge in [-0.25, -0.2) is 18.0 Å². The molecule has 14 heteroatoms. The minimum Gasteiger partial charge on any atom is -0.497 e. The summed E-state index contributed by atoms with van der Waals surface area (Å²) in [6.45, 7) is 2.08. The van der Waals surface area contributed by atoms with Gasteiger partial charge in [-0.1, -0.05) is 29.3 Å². The number of nitrogens with zero attached hydrogens (tertiary/aromatic N) is 2. The number of hydrogen-bond acceptors (Lipinski definition) is 8. The third-order valence-electron chi connectivity index (χ3n) is 7.22. The second-order valence-corrected chi connectivity index (χ2v) is 12.7. The molecule has 42 heavy (non-hydrogen) atoms. The molecule has 0 radical (unpaired) electrons. The van der Waals surface area contributed by atoms with Crippen LogP contribution in [0.15, 0.2) is 69.9 Å². The van der Waals surface area contributed by atoms with Crippen LogP contribution in [0.2, 0.25) is 10.0 Å². The molecule has 0 aromatic heterocycles. The standard InChI is InChI=1S/C28H29Cl2N3O8S/c1-32-10-12-33(13-11-32)22(34)14-20-24(27(35)36)26(23-18(29)4-3-5-19(23)30)25(28(37)38)21(31-20)15-42(39,40)17-8-6-16(41-2)7-9-17/h3-9,26,31H,10-15H2,1-2H3,(H,35,36)(H,37,38). The average Bonchev–Trinajstić information content (AvgIpc) is 2.92. The lowest BCUT2D eigenvalue weighted by Gasteiger charge is -2.35. The Morgan fingerprint density at radius 2 is 1.48 bits per heavy atom. The lowest BCUT2D eigenvalue weighted by atomic mass is 9.79. The Hall–Kier alpha value is -3.58. The molecule has 0 spiro atoms. The van der Waals surface area contributed by atoms with Crippen molar-refractivity contribution in [2.45, 2.75) is 17.2 Å². The zero-order chi connectivity index (χ0) is 30.8. The van der Waals surface area contributed by atoms with E-state index in [9.17, 15) is 33.0 Å². The van der Waals surface area contributed by atoms with Crippen LogP contribution in [0.25, 0.3) is 0 Å². The van der Waals surface area contributed by atoms with Crippen molar-refractivity contribution in [3.05, 3.63) is 80.6 Å². The van der Waals surface area contributed by atoms with E-state index in [-0.39, 0.29) is 31.9 Å². The van der Waals surface area contributed by atoms with E-state index in [2.05, 4.69) is 5.32 Å². The highest BCUT2D eigenvalue weighted by Gasteiger charge is 2.42. The number of ether oxygens (including phenoxy) is 1. The van der Waals surface area contributed by atoms with Gasteiger partial charge in [0.1, 0.15) is 5.75 Å². The number of piperazine rings is 1. The first-order valence-corrected chi connectivity index (χ1v) is 15.2. The molecule has 1 saturated heterocycles. The van der Waals surface area contributed by atoms with Crippen molar-refractivity contribution in [2.24, 2.45) is 0 Å². The molecular formula is C28H29Cl2N3O8S. The second kappa shape index (κ2) is 12.7. The smallest absolute Gasteiger partial charge is 0.334 e. The van der Waals surface area contributed by atoms with Crippen molar-refractivity contribution in [1.82, 2.24) is 15.1 Å². The van der Waals surface area contributed by atoms with Crippen molar-refractivity contribution < 1.29 is 37.8 Å². The summed E-state index contributed by atoms with van der Waals surface area (Å²) in [5.41, 5.74) is -1.49. The van der Waals surface area contributed by atoms with E-state index in [1.165, 1.54) is 49.6 Å². The van der Waals surface area contributed by atoms with Crippen LogP contribution in [-0.2, 0) is 24.2 Å². The molecule has 2 aromatic rings. The van der Waals surface area contributed by atoms with Gasteiger partial charge in [-0.15, -0.1) is 0 Å². The lowest BCUT2D eigenvalue weighted by Crippen LogP contribution is -2.47. The summed E-state index contributed by atoms with van der Waals surface area (Å²) in [5.74, 6) is -5.49. The van der Waals surface area contributed by atoms with Gasteiger partial charge in [0, 0.05) is 53.2 Å². The Labute approximate surface area is 252 Å². The SMILES string of the molecule is COc1ccc(S(=O)(=O)CC2=C(C(=O)O)C(c3c(Cl)cccc3Cl)C(C(=O)O)=C(CC(=O)N3CCN(C)CC3)N2)cc1. The van der Waals surface area contributed by atoms with Crippen LogP contribution in [-0.4, -0.2) is 92.4 Å². The summed E-state index contributed by atoms with van der Waals surface area (Å²) in [6, 6.07) is 9.88. The molecule has 3 N–H and O–H groups in total. The topological polar surface area (TPSA) is 154 Å². The summed E-state index contributed by atoms with van der Waals surface area (Å²) in [6.07, 6.45) is -0.442. The van der Waals surface area contributed by atoms with Gasteiger partial charge < -0.3 is 30.1 Å². The van der Waals surface area contributed by atoms with Gasteiger partial charge in [0.15, 0.2) is 9.84 Å². The van der Waals surface area contributed by atoms with Crippen LogP contribution >= 0.6 is 23.2 Å². The Balaban J connectivity index is 1.87. The number of carbonyl (C=O) groups is 3. The number of halogens is 2. The quantitative estimate of drug-likeness (QED) is 0.374. The first-order valence-electron chi connectivity index (χ1n) is 12.8. The summed E-state index contributed by atoms with van der Waals surface area (Å²) >= 11 is 12.9. The monoisotopic (exact) mass is 637 g/mol. The van der Waals surface area contributed by atoms with Gasteiger partial charge in [-0.05, 0) is 43.4 Å². The molecule has 0 aliphatic carbocycles. The van der Waals surface area contributed by atoms with E-state index in [0.717, 1.165) is 0 Å². The van der Waals surface area contributed by atoms with E-state index in [0.29, 0.717) is 31.9 Å². The average molecular weight is 639 g/mol. The second-order valence-electron chi connectivity index (χ2n) is 9.88. The number of carbonyl (C=O) groups excluding carboxylic acids is 1. The minimum atomic E-state index is -4.17. The highest BCUT2D eigenvalue weighted by Crippen LogP contribution is 2.45. The molecule has 1 amide bonds. The van der Waals surface area contributed by atoms with Crippen molar-refractivity contribution in [1.29, 1.82) is 0 Å². The van der Waals surface area contributed by atoms with Crippen molar-refractivity contribution in [2.75, 3.05) is 46.1 Å². The number of amides is 1. The maximum atomic E-state index is 13.5. The Bertz CT molecular complexity index is 1560.